The van der Waals surface area contributed by atoms with E-state index in [1.54, 1.807) is 5.57 Å². The van der Waals surface area contributed by atoms with Crippen LogP contribution >= 0.6 is 0 Å². The van der Waals surface area contributed by atoms with E-state index >= 15 is 0 Å². The molecule has 56 valence electrons. The summed E-state index contributed by atoms with van der Waals surface area (Å²) in [6.07, 6.45) is 6.55. The lowest BCUT2D eigenvalue weighted by molar-refractivity contribution is 0.255. The Balaban J connectivity index is 2.24. The van der Waals surface area contributed by atoms with Crippen molar-refractivity contribution in [3.8, 4) is 0 Å². The topological polar surface area (TPSA) is 3.24 Å². The average molecular weight is 137 g/mol. The Hall–Kier alpha value is -0.300. The van der Waals surface area contributed by atoms with Gasteiger partial charge >= 0.3 is 0 Å². The molecule has 0 aliphatic carbocycles. The van der Waals surface area contributed by atoms with Crippen molar-refractivity contribution >= 4 is 0 Å². The fourth-order valence-electron chi connectivity index (χ4n) is 2.26. The van der Waals surface area contributed by atoms with Crippen LogP contribution in [-0.4, -0.2) is 24.0 Å². The molecule has 2 heterocycles. The second kappa shape index (κ2) is 2.09. The first kappa shape index (κ1) is 6.41. The number of hydrogen-bond acceptors (Lipinski definition) is 1. The summed E-state index contributed by atoms with van der Waals surface area (Å²) in [5.41, 5.74) is 1.60. The standard InChI is InChI=1S/C9H15N/c1-7-5-8-3-4-9(6-7)10(8)2/h5,8-9H,3-4,6H2,1-2H3/t8-,9+/m0/s1. The van der Waals surface area contributed by atoms with Gasteiger partial charge in [-0.25, -0.2) is 0 Å². The molecule has 0 N–H and O–H groups in total. The van der Waals surface area contributed by atoms with Gasteiger partial charge in [-0.05, 0) is 33.2 Å². The van der Waals surface area contributed by atoms with Gasteiger partial charge in [0, 0.05) is 12.1 Å². The summed E-state index contributed by atoms with van der Waals surface area (Å²) < 4.78 is 0. The third-order valence-corrected chi connectivity index (χ3v) is 2.93. The predicted octanol–water partition coefficient (Wildman–Crippen LogP) is 1.80. The Labute approximate surface area is 62.7 Å². The second-order valence-corrected chi connectivity index (χ2v) is 3.68. The molecule has 2 rings (SSSR count). The van der Waals surface area contributed by atoms with E-state index in [4.69, 9.17) is 0 Å². The van der Waals surface area contributed by atoms with Crippen molar-refractivity contribution < 1.29 is 0 Å². The summed E-state index contributed by atoms with van der Waals surface area (Å²) >= 11 is 0. The monoisotopic (exact) mass is 137 g/mol. The third kappa shape index (κ3) is 0.807. The molecule has 2 aliphatic heterocycles. The molecule has 0 aromatic heterocycles. The van der Waals surface area contributed by atoms with Crippen molar-refractivity contribution in [2.45, 2.75) is 38.3 Å². The fourth-order valence-corrected chi connectivity index (χ4v) is 2.26. The van der Waals surface area contributed by atoms with Gasteiger partial charge in [0.25, 0.3) is 0 Å². The van der Waals surface area contributed by atoms with Crippen LogP contribution in [0.5, 0.6) is 0 Å². The van der Waals surface area contributed by atoms with Crippen LogP contribution in [0.2, 0.25) is 0 Å². The van der Waals surface area contributed by atoms with Crippen LogP contribution in [0.15, 0.2) is 11.6 Å². The van der Waals surface area contributed by atoms with Crippen molar-refractivity contribution in [1.29, 1.82) is 0 Å². The number of fused-ring (bicyclic) bond motifs is 2. The molecule has 1 saturated heterocycles. The van der Waals surface area contributed by atoms with E-state index in [2.05, 4.69) is 24.9 Å². The summed E-state index contributed by atoms with van der Waals surface area (Å²) in [5, 5.41) is 0. The Bertz CT molecular complexity index is 172. The van der Waals surface area contributed by atoms with Crippen LogP contribution in [0.3, 0.4) is 0 Å². The lowest BCUT2D eigenvalue weighted by Crippen LogP contribution is -2.34. The van der Waals surface area contributed by atoms with Crippen LogP contribution in [0.25, 0.3) is 0 Å². The summed E-state index contributed by atoms with van der Waals surface area (Å²) in [5.74, 6) is 0. The van der Waals surface area contributed by atoms with Crippen molar-refractivity contribution in [2.75, 3.05) is 7.05 Å². The van der Waals surface area contributed by atoms with Gasteiger partial charge in [0.1, 0.15) is 0 Å². The highest BCUT2D eigenvalue weighted by Crippen LogP contribution is 2.32. The van der Waals surface area contributed by atoms with E-state index < -0.39 is 0 Å². The molecule has 1 nitrogen and oxygen atoms in total. The zero-order valence-electron chi connectivity index (χ0n) is 6.80. The molecule has 0 radical (unpaired) electrons. The maximum absolute atomic E-state index is 2.52. The lowest BCUT2D eigenvalue weighted by atomic mass is 10.0. The Morgan fingerprint density at radius 2 is 2.30 bits per heavy atom. The van der Waals surface area contributed by atoms with Crippen LogP contribution in [-0.2, 0) is 0 Å². The first-order valence-corrected chi connectivity index (χ1v) is 4.16. The second-order valence-electron chi connectivity index (χ2n) is 3.68. The molecular formula is C9H15N. The van der Waals surface area contributed by atoms with Gasteiger partial charge in [0.15, 0.2) is 0 Å². The maximum atomic E-state index is 2.52. The minimum atomic E-state index is 0.777. The molecule has 1 heteroatoms. The van der Waals surface area contributed by atoms with E-state index in [0.717, 1.165) is 12.1 Å². The Morgan fingerprint density at radius 1 is 1.50 bits per heavy atom. The lowest BCUT2D eigenvalue weighted by Gasteiger charge is -2.29. The quantitative estimate of drug-likeness (QED) is 0.460. The third-order valence-electron chi connectivity index (χ3n) is 2.93. The Kier molecular flexibility index (Phi) is 1.34. The van der Waals surface area contributed by atoms with E-state index in [-0.39, 0.29) is 0 Å². The highest BCUT2D eigenvalue weighted by Gasteiger charge is 2.32. The Morgan fingerprint density at radius 3 is 3.00 bits per heavy atom. The van der Waals surface area contributed by atoms with E-state index in [1.807, 2.05) is 0 Å². The maximum Gasteiger partial charge on any atom is 0.0281 e. The van der Waals surface area contributed by atoms with Gasteiger partial charge in [0.05, 0.1) is 0 Å². The van der Waals surface area contributed by atoms with Crippen molar-refractivity contribution in [1.82, 2.24) is 4.90 Å². The molecule has 0 unspecified atom stereocenters. The molecule has 1 fully saturated rings. The normalized spacial score (nSPS) is 40.0. The molecule has 2 atom stereocenters. The van der Waals surface area contributed by atoms with Crippen LogP contribution < -0.4 is 0 Å². The zero-order chi connectivity index (χ0) is 7.14. The van der Waals surface area contributed by atoms with Gasteiger partial charge in [-0.15, -0.1) is 0 Å². The molecular weight excluding hydrogens is 122 g/mol. The highest BCUT2D eigenvalue weighted by molar-refractivity contribution is 5.14. The molecule has 0 amide bonds. The van der Waals surface area contributed by atoms with Crippen LogP contribution in [0, 0.1) is 0 Å². The molecule has 2 aliphatic rings. The predicted molar refractivity (Wildman–Crippen MR) is 42.9 cm³/mol. The van der Waals surface area contributed by atoms with Gasteiger partial charge in [-0.1, -0.05) is 11.6 Å². The number of likely N-dealkylation sites (N-methyl/N-ethyl adjacent to an activating group) is 1. The van der Waals surface area contributed by atoms with Crippen molar-refractivity contribution in [2.24, 2.45) is 0 Å². The molecule has 2 bridgehead atoms. The summed E-state index contributed by atoms with van der Waals surface area (Å²) in [6.45, 7) is 2.26. The van der Waals surface area contributed by atoms with E-state index in [9.17, 15) is 0 Å². The number of nitrogens with zero attached hydrogens (tertiary/aromatic N) is 1. The van der Waals surface area contributed by atoms with Gasteiger partial charge in [-0.2, -0.15) is 0 Å². The van der Waals surface area contributed by atoms with E-state index in [0.29, 0.717) is 0 Å². The van der Waals surface area contributed by atoms with Gasteiger partial charge < -0.3 is 0 Å². The first-order chi connectivity index (χ1) is 4.77. The summed E-state index contributed by atoms with van der Waals surface area (Å²) in [4.78, 5) is 2.52. The molecule has 0 saturated carbocycles. The molecule has 0 aromatic rings. The van der Waals surface area contributed by atoms with Crippen molar-refractivity contribution in [3.05, 3.63) is 11.6 Å². The minimum absolute atomic E-state index is 0.777. The first-order valence-electron chi connectivity index (χ1n) is 4.16. The molecule has 0 aromatic carbocycles. The van der Waals surface area contributed by atoms with Crippen LogP contribution in [0.1, 0.15) is 26.2 Å². The largest absolute Gasteiger partial charge is 0.297 e. The SMILES string of the molecule is CC1=C[C@@H]2CC[C@H](C1)N2C. The zero-order valence-corrected chi connectivity index (χ0v) is 6.80. The number of hydrogen-bond donors (Lipinski definition) is 0. The smallest absolute Gasteiger partial charge is 0.0281 e. The van der Waals surface area contributed by atoms with Gasteiger partial charge in [0.2, 0.25) is 0 Å². The van der Waals surface area contributed by atoms with Crippen LogP contribution in [0.4, 0.5) is 0 Å². The van der Waals surface area contributed by atoms with Gasteiger partial charge in [-0.3, -0.25) is 4.90 Å². The summed E-state index contributed by atoms with van der Waals surface area (Å²) in [6, 6.07) is 1.65. The molecule has 0 spiro atoms. The van der Waals surface area contributed by atoms with Crippen molar-refractivity contribution in [3.63, 3.8) is 0 Å². The minimum Gasteiger partial charge on any atom is -0.297 e. The van der Waals surface area contributed by atoms with E-state index in [1.165, 1.54) is 19.3 Å². The average Bonchev–Trinajstić information content (AvgIpc) is 2.20. The summed E-state index contributed by atoms with van der Waals surface area (Å²) in [7, 11) is 2.26. The number of rotatable bonds is 0. The fraction of sp³-hybridized carbons (Fsp3) is 0.778. The molecule has 10 heavy (non-hydrogen) atoms. The highest BCUT2D eigenvalue weighted by atomic mass is 15.2.